The number of hydrogen-bond acceptors (Lipinski definition) is 3. The van der Waals surface area contributed by atoms with E-state index in [0.717, 1.165) is 61.6 Å². The number of aliphatic imine (C=N–C) groups is 1. The summed E-state index contributed by atoms with van der Waals surface area (Å²) in [6.07, 6.45) is 10.2. The zero-order chi connectivity index (χ0) is 20.2. The lowest BCUT2D eigenvalue weighted by Gasteiger charge is -2.25. The van der Waals surface area contributed by atoms with Gasteiger partial charge in [-0.15, -0.1) is 0 Å². The number of rotatable bonds is 8. The highest BCUT2D eigenvalue weighted by Gasteiger charge is 2.39. The van der Waals surface area contributed by atoms with Gasteiger partial charge in [0.2, 0.25) is 0 Å². The van der Waals surface area contributed by atoms with Crippen LogP contribution in [0.5, 0.6) is 0 Å². The Labute approximate surface area is 174 Å². The molecule has 0 aromatic carbocycles. The molecule has 2 aliphatic rings. The largest absolute Gasteiger partial charge is 0.469 e. The summed E-state index contributed by atoms with van der Waals surface area (Å²) in [6, 6.07) is 4.56. The van der Waals surface area contributed by atoms with E-state index in [-0.39, 0.29) is 0 Å². The summed E-state index contributed by atoms with van der Waals surface area (Å²) in [5.74, 6) is 3.74. The normalized spacial score (nSPS) is 23.7. The van der Waals surface area contributed by atoms with Crippen LogP contribution in [-0.4, -0.2) is 34.9 Å². The van der Waals surface area contributed by atoms with E-state index >= 15 is 0 Å². The van der Waals surface area contributed by atoms with Crippen LogP contribution in [0.25, 0.3) is 0 Å². The van der Waals surface area contributed by atoms with Crippen LogP contribution in [0.1, 0.15) is 54.8 Å². The zero-order valence-electron chi connectivity index (χ0n) is 18.1. The zero-order valence-corrected chi connectivity index (χ0v) is 18.1. The van der Waals surface area contributed by atoms with Crippen molar-refractivity contribution in [2.75, 3.05) is 13.1 Å². The Hall–Kier alpha value is -2.24. The van der Waals surface area contributed by atoms with Gasteiger partial charge in [0.25, 0.3) is 0 Å². The molecule has 2 saturated carbocycles. The molecule has 2 aromatic rings. The quantitative estimate of drug-likeness (QED) is 0.406. The van der Waals surface area contributed by atoms with E-state index in [0.29, 0.717) is 6.04 Å². The summed E-state index contributed by atoms with van der Waals surface area (Å²) < 4.78 is 7.43. The van der Waals surface area contributed by atoms with Crippen molar-refractivity contribution in [2.45, 2.75) is 64.8 Å². The van der Waals surface area contributed by atoms with Gasteiger partial charge in [0, 0.05) is 38.3 Å². The van der Waals surface area contributed by atoms with Gasteiger partial charge in [-0.05, 0) is 75.5 Å². The molecule has 3 unspecified atom stereocenters. The van der Waals surface area contributed by atoms with Crippen LogP contribution in [0.4, 0.5) is 0 Å². The molecule has 0 spiro atoms. The number of nitrogens with one attached hydrogen (secondary N) is 2. The van der Waals surface area contributed by atoms with Crippen LogP contribution in [0.2, 0.25) is 0 Å². The summed E-state index contributed by atoms with van der Waals surface area (Å²) in [5, 5.41) is 11.8. The Balaban J connectivity index is 1.31. The molecular formula is C23H35N5O. The van der Waals surface area contributed by atoms with Crippen molar-refractivity contribution in [1.29, 1.82) is 0 Å². The Kier molecular flexibility index (Phi) is 6.26. The van der Waals surface area contributed by atoms with Gasteiger partial charge in [-0.3, -0.25) is 9.67 Å². The molecule has 0 aliphatic heterocycles. The second kappa shape index (κ2) is 9.06. The molecule has 0 radical (unpaired) electrons. The Morgan fingerprint density at radius 2 is 2.17 bits per heavy atom. The van der Waals surface area contributed by atoms with Crippen LogP contribution < -0.4 is 10.6 Å². The van der Waals surface area contributed by atoms with Crippen molar-refractivity contribution in [1.82, 2.24) is 20.4 Å². The first-order valence-corrected chi connectivity index (χ1v) is 11.2. The Bertz CT molecular complexity index is 823. The van der Waals surface area contributed by atoms with Gasteiger partial charge in [-0.1, -0.05) is 6.42 Å². The third-order valence-electron chi connectivity index (χ3n) is 6.82. The topological polar surface area (TPSA) is 67.4 Å². The Morgan fingerprint density at radius 3 is 2.83 bits per heavy atom. The van der Waals surface area contributed by atoms with E-state index in [1.54, 1.807) is 6.26 Å². The molecule has 158 valence electrons. The number of fused-ring (bicyclic) bond motifs is 2. The first-order valence-electron chi connectivity index (χ1n) is 11.2. The molecule has 29 heavy (non-hydrogen) atoms. The van der Waals surface area contributed by atoms with Crippen LogP contribution in [-0.2, 0) is 19.9 Å². The van der Waals surface area contributed by atoms with Gasteiger partial charge in [0.1, 0.15) is 5.76 Å². The standard InChI is InChI=1S/C23H35N5O/c1-16-21(17(2)28(3)27-16)7-4-11-24-23(25-12-10-20-6-5-13-29-20)26-22-15-18-8-9-19(22)14-18/h5-6,13,18-19,22H,4,7-12,14-15H2,1-3H3,(H2,24,25,26). The average molecular weight is 398 g/mol. The minimum absolute atomic E-state index is 0.589. The second-order valence-electron chi connectivity index (χ2n) is 8.79. The predicted molar refractivity (Wildman–Crippen MR) is 116 cm³/mol. The molecule has 3 atom stereocenters. The van der Waals surface area contributed by atoms with Crippen molar-refractivity contribution in [3.63, 3.8) is 0 Å². The lowest BCUT2D eigenvalue weighted by atomic mass is 9.95. The molecule has 4 rings (SSSR count). The Morgan fingerprint density at radius 1 is 1.28 bits per heavy atom. The van der Waals surface area contributed by atoms with E-state index in [4.69, 9.17) is 9.41 Å². The fourth-order valence-corrected chi connectivity index (χ4v) is 5.13. The molecular weight excluding hydrogens is 362 g/mol. The third-order valence-corrected chi connectivity index (χ3v) is 6.82. The summed E-state index contributed by atoms with van der Waals surface area (Å²) in [4.78, 5) is 4.91. The van der Waals surface area contributed by atoms with Crippen molar-refractivity contribution in [3.05, 3.63) is 41.1 Å². The van der Waals surface area contributed by atoms with Crippen LogP contribution >= 0.6 is 0 Å². The minimum atomic E-state index is 0.589. The minimum Gasteiger partial charge on any atom is -0.469 e. The van der Waals surface area contributed by atoms with Gasteiger partial charge in [0.05, 0.1) is 12.0 Å². The van der Waals surface area contributed by atoms with Crippen LogP contribution in [0.15, 0.2) is 27.8 Å². The van der Waals surface area contributed by atoms with Crippen LogP contribution in [0, 0.1) is 25.7 Å². The second-order valence-corrected chi connectivity index (χ2v) is 8.79. The number of hydrogen-bond donors (Lipinski definition) is 2. The summed E-state index contributed by atoms with van der Waals surface area (Å²) in [7, 11) is 2.02. The molecule has 0 saturated heterocycles. The molecule has 2 aromatic heterocycles. The SMILES string of the molecule is Cc1nn(C)c(C)c1CCCN=C(NCCc1ccco1)NC1CC2CCC1C2. The summed E-state index contributed by atoms with van der Waals surface area (Å²) >= 11 is 0. The van der Waals surface area contributed by atoms with Crippen molar-refractivity contribution >= 4 is 5.96 Å². The van der Waals surface area contributed by atoms with E-state index in [1.165, 1.54) is 36.9 Å². The fourth-order valence-electron chi connectivity index (χ4n) is 5.13. The van der Waals surface area contributed by atoms with E-state index in [9.17, 15) is 0 Å². The maximum atomic E-state index is 5.45. The molecule has 2 heterocycles. The lowest BCUT2D eigenvalue weighted by Crippen LogP contribution is -2.46. The lowest BCUT2D eigenvalue weighted by molar-refractivity contribution is 0.387. The number of aryl methyl sites for hydroxylation is 2. The highest BCUT2D eigenvalue weighted by molar-refractivity contribution is 5.80. The number of guanidine groups is 1. The number of nitrogens with zero attached hydrogens (tertiary/aromatic N) is 3. The maximum absolute atomic E-state index is 5.45. The molecule has 6 nitrogen and oxygen atoms in total. The predicted octanol–water partition coefficient (Wildman–Crippen LogP) is 3.53. The molecule has 2 N–H and O–H groups in total. The fraction of sp³-hybridized carbons (Fsp3) is 0.652. The molecule has 6 heteroatoms. The van der Waals surface area contributed by atoms with Gasteiger partial charge in [0.15, 0.2) is 5.96 Å². The first kappa shape index (κ1) is 20.0. The molecule has 2 aliphatic carbocycles. The molecule has 0 amide bonds. The molecule has 2 bridgehead atoms. The van der Waals surface area contributed by atoms with Gasteiger partial charge in [-0.2, -0.15) is 5.10 Å². The summed E-state index contributed by atoms with van der Waals surface area (Å²) in [5.41, 5.74) is 3.78. The highest BCUT2D eigenvalue weighted by Crippen LogP contribution is 2.44. The van der Waals surface area contributed by atoms with Crippen molar-refractivity contribution in [3.8, 4) is 0 Å². The smallest absolute Gasteiger partial charge is 0.191 e. The van der Waals surface area contributed by atoms with Gasteiger partial charge in [-0.25, -0.2) is 0 Å². The number of aromatic nitrogens is 2. The van der Waals surface area contributed by atoms with Crippen LogP contribution in [0.3, 0.4) is 0 Å². The third kappa shape index (κ3) is 4.85. The number of furan rings is 1. The highest BCUT2D eigenvalue weighted by atomic mass is 16.3. The monoisotopic (exact) mass is 397 g/mol. The van der Waals surface area contributed by atoms with Gasteiger partial charge >= 0.3 is 0 Å². The van der Waals surface area contributed by atoms with Gasteiger partial charge < -0.3 is 15.1 Å². The van der Waals surface area contributed by atoms with E-state index < -0.39 is 0 Å². The average Bonchev–Trinajstić information content (AvgIpc) is 3.48. The van der Waals surface area contributed by atoms with Crippen molar-refractivity contribution in [2.24, 2.45) is 23.9 Å². The van der Waals surface area contributed by atoms with E-state index in [2.05, 4.69) is 29.6 Å². The molecule has 2 fully saturated rings. The summed E-state index contributed by atoms with van der Waals surface area (Å²) in [6.45, 7) is 5.91. The van der Waals surface area contributed by atoms with E-state index in [1.807, 2.05) is 23.9 Å². The van der Waals surface area contributed by atoms with Crippen molar-refractivity contribution < 1.29 is 4.42 Å². The first-order chi connectivity index (χ1) is 14.1. The maximum Gasteiger partial charge on any atom is 0.191 e.